The van der Waals surface area contributed by atoms with Gasteiger partial charge in [0.05, 0.1) is 35.0 Å². The number of hydrogen-bond acceptors (Lipinski definition) is 7. The Morgan fingerprint density at radius 2 is 1.79 bits per heavy atom. The van der Waals surface area contributed by atoms with Gasteiger partial charge in [0.15, 0.2) is 16.6 Å². The number of fused-ring (bicyclic) bond motifs is 1. The number of rotatable bonds is 8. The summed E-state index contributed by atoms with van der Waals surface area (Å²) in [5, 5.41) is 11.7. The van der Waals surface area contributed by atoms with Gasteiger partial charge in [-0.15, -0.1) is 0 Å². The third kappa shape index (κ3) is 4.63. The summed E-state index contributed by atoms with van der Waals surface area (Å²) in [7, 11) is 0. The fraction of sp³-hybridized carbons (Fsp3) is 0.233. The van der Waals surface area contributed by atoms with Gasteiger partial charge in [-0.2, -0.15) is 0 Å². The van der Waals surface area contributed by atoms with Crippen molar-refractivity contribution in [2.45, 2.75) is 33.2 Å². The maximum absolute atomic E-state index is 13.5. The molecular weight excluding hydrogens is 500 g/mol. The van der Waals surface area contributed by atoms with Gasteiger partial charge in [0.25, 0.3) is 5.78 Å². The number of carbonyl (C=O) groups is 2. The number of Topliss-reactive ketones (excluding diaryl/α,β-unsaturated/α-hetero) is 1. The van der Waals surface area contributed by atoms with Gasteiger partial charge >= 0.3 is 5.91 Å². The maximum Gasteiger partial charge on any atom is 0.301 e. The van der Waals surface area contributed by atoms with Crippen LogP contribution < -0.4 is 14.4 Å². The Labute approximate surface area is 225 Å². The first kappa shape index (κ1) is 25.5. The summed E-state index contributed by atoms with van der Waals surface area (Å²) in [5.41, 5.74) is 2.85. The minimum atomic E-state index is -0.906. The molecule has 38 heavy (non-hydrogen) atoms. The fourth-order valence-corrected chi connectivity index (χ4v) is 5.60. The summed E-state index contributed by atoms with van der Waals surface area (Å²) < 4.78 is 12.6. The zero-order valence-electron chi connectivity index (χ0n) is 21.4. The second kappa shape index (κ2) is 10.7. The Morgan fingerprint density at radius 3 is 2.53 bits per heavy atom. The lowest BCUT2D eigenvalue weighted by atomic mass is 9.95. The van der Waals surface area contributed by atoms with E-state index in [4.69, 9.17) is 14.5 Å². The first-order chi connectivity index (χ1) is 18.4. The topological polar surface area (TPSA) is 89.0 Å². The molecule has 1 aromatic heterocycles. The van der Waals surface area contributed by atoms with E-state index >= 15 is 0 Å². The minimum Gasteiger partial charge on any atom is -0.507 e. The maximum atomic E-state index is 13.5. The van der Waals surface area contributed by atoms with E-state index in [0.717, 1.165) is 22.2 Å². The lowest BCUT2D eigenvalue weighted by Gasteiger charge is -2.24. The van der Waals surface area contributed by atoms with Crippen molar-refractivity contribution in [3.8, 4) is 11.5 Å². The van der Waals surface area contributed by atoms with Crippen molar-refractivity contribution in [2.75, 3.05) is 18.1 Å². The van der Waals surface area contributed by atoms with Crippen LogP contribution in [0.25, 0.3) is 16.0 Å². The van der Waals surface area contributed by atoms with Gasteiger partial charge in [0, 0.05) is 5.56 Å². The smallest absolute Gasteiger partial charge is 0.301 e. The lowest BCUT2D eigenvalue weighted by Crippen LogP contribution is -2.29. The van der Waals surface area contributed by atoms with E-state index < -0.39 is 17.7 Å². The van der Waals surface area contributed by atoms with E-state index in [0.29, 0.717) is 41.0 Å². The van der Waals surface area contributed by atoms with Gasteiger partial charge in [-0.05, 0) is 55.7 Å². The fourth-order valence-electron chi connectivity index (χ4n) is 4.51. The van der Waals surface area contributed by atoms with Gasteiger partial charge in [0.1, 0.15) is 5.76 Å². The SMILES string of the molecule is CCCOc1ccc(C2/C(=C(\O)c3ccccc3)C(=O)C(=O)N2c2nc3ccc(C)cc3s2)cc1OCC. The zero-order chi connectivity index (χ0) is 26.8. The minimum absolute atomic E-state index is 0.00121. The first-order valence-electron chi connectivity index (χ1n) is 12.6. The molecule has 1 N–H and O–H groups in total. The summed E-state index contributed by atoms with van der Waals surface area (Å²) in [4.78, 5) is 33.1. The van der Waals surface area contributed by atoms with E-state index in [2.05, 4.69) is 0 Å². The van der Waals surface area contributed by atoms with E-state index in [-0.39, 0.29) is 11.3 Å². The molecule has 1 saturated heterocycles. The Kier molecular flexibility index (Phi) is 7.15. The van der Waals surface area contributed by atoms with E-state index in [1.807, 2.05) is 45.0 Å². The van der Waals surface area contributed by atoms with Crippen LogP contribution >= 0.6 is 11.3 Å². The summed E-state index contributed by atoms with van der Waals surface area (Å²) >= 11 is 1.33. The standard InChI is InChI=1S/C30H28N2O5S/c1-4-15-37-22-14-12-20(17-23(22)36-5-2)26-25(27(33)19-9-7-6-8-10-19)28(34)29(35)32(26)30-31-21-13-11-18(3)16-24(21)38-30/h6-14,16-17,26,33H,4-5,15H2,1-3H3/b27-25+. The molecule has 0 aliphatic carbocycles. The average Bonchev–Trinajstić information content (AvgIpc) is 3.45. The number of aliphatic hydroxyl groups excluding tert-OH is 1. The molecule has 4 aromatic rings. The number of hydrogen-bond donors (Lipinski definition) is 1. The van der Waals surface area contributed by atoms with Gasteiger partial charge in [-0.3, -0.25) is 14.5 Å². The second-order valence-corrected chi connectivity index (χ2v) is 10.00. The number of thiazole rings is 1. The number of anilines is 1. The molecule has 0 spiro atoms. The summed E-state index contributed by atoms with van der Waals surface area (Å²) in [6.07, 6.45) is 0.835. The average molecular weight is 529 g/mol. The van der Waals surface area contributed by atoms with Crippen molar-refractivity contribution in [3.05, 3.63) is 89.0 Å². The largest absolute Gasteiger partial charge is 0.507 e. The third-order valence-electron chi connectivity index (χ3n) is 6.28. The molecule has 8 heteroatoms. The molecule has 1 atom stereocenters. The number of benzene rings is 3. The normalized spacial score (nSPS) is 16.8. The number of aryl methyl sites for hydroxylation is 1. The van der Waals surface area contributed by atoms with Crippen LogP contribution in [0.3, 0.4) is 0 Å². The van der Waals surface area contributed by atoms with Crippen molar-refractivity contribution in [3.63, 3.8) is 0 Å². The Morgan fingerprint density at radius 1 is 1.00 bits per heavy atom. The van der Waals surface area contributed by atoms with E-state index in [9.17, 15) is 14.7 Å². The molecule has 1 aliphatic rings. The Balaban J connectivity index is 1.71. The molecule has 194 valence electrons. The second-order valence-electron chi connectivity index (χ2n) is 8.99. The van der Waals surface area contributed by atoms with Gasteiger partial charge < -0.3 is 14.6 Å². The molecular formula is C30H28N2O5S. The third-order valence-corrected chi connectivity index (χ3v) is 7.29. The van der Waals surface area contributed by atoms with Crippen LogP contribution in [0.5, 0.6) is 11.5 Å². The lowest BCUT2D eigenvalue weighted by molar-refractivity contribution is -0.132. The highest BCUT2D eigenvalue weighted by molar-refractivity contribution is 7.22. The van der Waals surface area contributed by atoms with Crippen molar-refractivity contribution >= 4 is 44.1 Å². The first-order valence-corrected chi connectivity index (χ1v) is 13.4. The monoisotopic (exact) mass is 528 g/mol. The number of aromatic nitrogens is 1. The highest BCUT2D eigenvalue weighted by Crippen LogP contribution is 2.46. The predicted molar refractivity (Wildman–Crippen MR) is 149 cm³/mol. The molecule has 3 aromatic carbocycles. The van der Waals surface area contributed by atoms with Crippen LogP contribution in [-0.2, 0) is 9.59 Å². The van der Waals surface area contributed by atoms with Gasteiger partial charge in [0.2, 0.25) is 0 Å². The van der Waals surface area contributed by atoms with Gasteiger partial charge in [-0.25, -0.2) is 4.98 Å². The zero-order valence-corrected chi connectivity index (χ0v) is 22.2. The molecule has 0 radical (unpaired) electrons. The summed E-state index contributed by atoms with van der Waals surface area (Å²) in [5.74, 6) is -0.669. The Hall–Kier alpha value is -4.17. The molecule has 2 heterocycles. The number of nitrogens with zero attached hydrogens (tertiary/aromatic N) is 2. The van der Waals surface area contributed by atoms with E-state index in [1.54, 1.807) is 42.5 Å². The molecule has 1 unspecified atom stereocenters. The molecule has 5 rings (SSSR count). The molecule has 0 saturated carbocycles. The summed E-state index contributed by atoms with van der Waals surface area (Å²) in [6, 6.07) is 19.0. The number of ether oxygens (including phenoxy) is 2. The van der Waals surface area contributed by atoms with Crippen LogP contribution in [0, 0.1) is 6.92 Å². The molecule has 0 bridgehead atoms. The van der Waals surface area contributed by atoms with Crippen LogP contribution in [0.1, 0.15) is 43.0 Å². The van der Waals surface area contributed by atoms with Crippen molar-refractivity contribution in [2.24, 2.45) is 0 Å². The van der Waals surface area contributed by atoms with Crippen LogP contribution in [0.4, 0.5) is 5.13 Å². The van der Waals surface area contributed by atoms with E-state index in [1.165, 1.54) is 16.2 Å². The Bertz CT molecular complexity index is 1540. The molecule has 1 fully saturated rings. The van der Waals surface area contributed by atoms with Crippen molar-refractivity contribution in [1.82, 2.24) is 4.98 Å². The highest BCUT2D eigenvalue weighted by Gasteiger charge is 2.48. The number of carbonyl (C=O) groups excluding carboxylic acids is 2. The highest BCUT2D eigenvalue weighted by atomic mass is 32.1. The van der Waals surface area contributed by atoms with Crippen LogP contribution in [0.15, 0.2) is 72.3 Å². The molecule has 1 amide bonds. The van der Waals surface area contributed by atoms with Crippen molar-refractivity contribution < 1.29 is 24.2 Å². The quantitative estimate of drug-likeness (QED) is 0.161. The van der Waals surface area contributed by atoms with Gasteiger partial charge in [-0.1, -0.05) is 60.7 Å². The number of aliphatic hydroxyl groups is 1. The predicted octanol–water partition coefficient (Wildman–Crippen LogP) is 6.42. The summed E-state index contributed by atoms with van der Waals surface area (Å²) in [6.45, 7) is 6.82. The number of ketones is 1. The van der Waals surface area contributed by atoms with Crippen molar-refractivity contribution in [1.29, 1.82) is 0 Å². The van der Waals surface area contributed by atoms with Crippen LogP contribution in [0.2, 0.25) is 0 Å². The number of amides is 1. The molecule has 1 aliphatic heterocycles. The van der Waals surface area contributed by atoms with Crippen LogP contribution in [-0.4, -0.2) is 35.0 Å². The molecule has 7 nitrogen and oxygen atoms in total.